The maximum atomic E-state index is 13.4. The molecule has 1 amide bonds. The summed E-state index contributed by atoms with van der Waals surface area (Å²) >= 11 is 1.34. The molecule has 2 aromatic heterocycles. The number of hydrogen-bond acceptors (Lipinski definition) is 9. The molecule has 10 nitrogen and oxygen atoms in total. The molecule has 4 rings (SSSR count). The molecule has 1 aliphatic rings. The first-order valence-corrected chi connectivity index (χ1v) is 11.5. The zero-order chi connectivity index (χ0) is 24.1. The molecule has 0 radical (unpaired) electrons. The Morgan fingerprint density at radius 1 is 1.24 bits per heavy atom. The average Bonchev–Trinajstić information content (AvgIpc) is 3.25. The van der Waals surface area contributed by atoms with E-state index in [0.29, 0.717) is 39.6 Å². The van der Waals surface area contributed by atoms with Crippen LogP contribution in [0.15, 0.2) is 65.2 Å². The lowest BCUT2D eigenvalue weighted by Gasteiger charge is -2.28. The largest absolute Gasteiger partial charge is 0.497 e. The predicted molar refractivity (Wildman–Crippen MR) is 128 cm³/mol. The van der Waals surface area contributed by atoms with E-state index >= 15 is 0 Å². The van der Waals surface area contributed by atoms with E-state index in [1.165, 1.54) is 18.9 Å². The molecule has 2 N–H and O–H groups in total. The Morgan fingerprint density at radius 2 is 2.09 bits per heavy atom. The second-order valence-electron chi connectivity index (χ2n) is 7.38. The van der Waals surface area contributed by atoms with Crippen molar-refractivity contribution in [2.24, 2.45) is 0 Å². The number of carbonyl (C=O) groups excluding carboxylic acids is 2. The highest BCUT2D eigenvalue weighted by Crippen LogP contribution is 2.37. The normalized spacial score (nSPS) is 14.7. The molecule has 0 saturated carbocycles. The highest BCUT2D eigenvalue weighted by atomic mass is 32.2. The molecule has 176 valence electrons. The van der Waals surface area contributed by atoms with Gasteiger partial charge in [-0.25, -0.2) is 4.68 Å². The number of pyridine rings is 1. The molecular weight excluding hydrogens is 456 g/mol. The van der Waals surface area contributed by atoms with Gasteiger partial charge in [0.2, 0.25) is 11.1 Å². The van der Waals surface area contributed by atoms with Gasteiger partial charge in [-0.05, 0) is 36.8 Å². The van der Waals surface area contributed by atoms with E-state index in [2.05, 4.69) is 25.7 Å². The Balaban J connectivity index is 1.70. The first-order chi connectivity index (χ1) is 16.5. The lowest BCUT2D eigenvalue weighted by atomic mass is 9.95. The van der Waals surface area contributed by atoms with Crippen molar-refractivity contribution in [3.63, 3.8) is 0 Å². The highest BCUT2D eigenvalue weighted by molar-refractivity contribution is 7.99. The third-order valence-corrected chi connectivity index (χ3v) is 6.01. The number of amides is 1. The number of nitrogens with one attached hydrogen (secondary N) is 2. The minimum Gasteiger partial charge on any atom is -0.497 e. The number of allylic oxidation sites excluding steroid dienone is 1. The number of nitrogens with zero attached hydrogens (tertiary/aromatic N) is 4. The number of methoxy groups -OCH3 is 2. The molecule has 1 unspecified atom stereocenters. The standard InChI is InChI=1S/C23H24N6O4S/c1-14-19(21(31)26-16-7-5-10-24-13-16)20(15-6-4-8-17(12-15)32-2)29-22(25-14)27-23(28-29)34-11-9-18(30)33-3/h4-8,10,12-13,20H,9,11H2,1-3H3,(H,26,31)(H,25,27,28). The van der Waals surface area contributed by atoms with Gasteiger partial charge in [0.05, 0.1) is 38.1 Å². The molecule has 3 aromatic rings. The van der Waals surface area contributed by atoms with Crippen LogP contribution in [-0.2, 0) is 14.3 Å². The lowest BCUT2D eigenvalue weighted by molar-refractivity contribution is -0.140. The number of thioether (sulfide) groups is 1. The van der Waals surface area contributed by atoms with Crippen LogP contribution in [-0.4, -0.2) is 51.6 Å². The number of fused-ring (bicyclic) bond motifs is 1. The summed E-state index contributed by atoms with van der Waals surface area (Å²) in [5.41, 5.74) is 2.54. The van der Waals surface area contributed by atoms with Gasteiger partial charge in [0.25, 0.3) is 5.91 Å². The first-order valence-electron chi connectivity index (χ1n) is 10.5. The third kappa shape index (κ3) is 5.04. The number of benzene rings is 1. The predicted octanol–water partition coefficient (Wildman–Crippen LogP) is 3.26. The number of esters is 1. The van der Waals surface area contributed by atoms with Gasteiger partial charge in [0.15, 0.2) is 0 Å². The van der Waals surface area contributed by atoms with Gasteiger partial charge in [-0.3, -0.25) is 14.6 Å². The van der Waals surface area contributed by atoms with Crippen molar-refractivity contribution >= 4 is 35.3 Å². The summed E-state index contributed by atoms with van der Waals surface area (Å²) in [4.78, 5) is 33.5. The van der Waals surface area contributed by atoms with Crippen LogP contribution in [0.1, 0.15) is 24.9 Å². The highest BCUT2D eigenvalue weighted by Gasteiger charge is 2.34. The van der Waals surface area contributed by atoms with Crippen LogP contribution in [0.5, 0.6) is 5.75 Å². The Bertz CT molecular complexity index is 1230. The van der Waals surface area contributed by atoms with Gasteiger partial charge in [-0.15, -0.1) is 5.10 Å². The fourth-order valence-corrected chi connectivity index (χ4v) is 4.32. The van der Waals surface area contributed by atoms with Gasteiger partial charge < -0.3 is 20.1 Å². The van der Waals surface area contributed by atoms with Gasteiger partial charge in [-0.2, -0.15) is 4.98 Å². The quantitative estimate of drug-likeness (QED) is 0.370. The third-order valence-electron chi connectivity index (χ3n) is 5.17. The summed E-state index contributed by atoms with van der Waals surface area (Å²) in [7, 11) is 2.95. The second-order valence-corrected chi connectivity index (χ2v) is 8.44. The molecule has 1 aliphatic heterocycles. The number of aromatic nitrogens is 4. The number of rotatable bonds is 8. The van der Waals surface area contributed by atoms with E-state index in [4.69, 9.17) is 9.47 Å². The molecule has 3 heterocycles. The van der Waals surface area contributed by atoms with Gasteiger partial charge in [-0.1, -0.05) is 23.9 Å². The second kappa shape index (κ2) is 10.4. The molecule has 0 bridgehead atoms. The monoisotopic (exact) mass is 480 g/mol. The lowest BCUT2D eigenvalue weighted by Crippen LogP contribution is -2.31. The smallest absolute Gasteiger partial charge is 0.306 e. The van der Waals surface area contributed by atoms with Crippen LogP contribution in [0.25, 0.3) is 0 Å². The van der Waals surface area contributed by atoms with E-state index in [-0.39, 0.29) is 18.3 Å². The molecule has 0 aliphatic carbocycles. The molecule has 0 saturated heterocycles. The zero-order valence-electron chi connectivity index (χ0n) is 18.9. The number of anilines is 2. The first kappa shape index (κ1) is 23.3. The van der Waals surface area contributed by atoms with Crippen molar-refractivity contribution in [1.29, 1.82) is 0 Å². The Hall–Kier alpha value is -3.86. The van der Waals surface area contributed by atoms with Crippen LogP contribution in [0.4, 0.5) is 11.6 Å². The SMILES string of the molecule is COC(=O)CCSc1nc2n(n1)C(c1cccc(OC)c1)C(C(=O)Nc1cccnc1)=C(C)N2. The maximum Gasteiger partial charge on any atom is 0.306 e. The van der Waals surface area contributed by atoms with Crippen molar-refractivity contribution in [3.05, 3.63) is 65.6 Å². The number of ether oxygens (including phenoxy) is 2. The fourth-order valence-electron chi connectivity index (χ4n) is 3.57. The summed E-state index contributed by atoms with van der Waals surface area (Å²) in [6.45, 7) is 1.83. The van der Waals surface area contributed by atoms with E-state index in [0.717, 1.165) is 5.56 Å². The zero-order valence-corrected chi connectivity index (χ0v) is 19.8. The molecule has 0 fully saturated rings. The summed E-state index contributed by atoms with van der Waals surface area (Å²) in [5.74, 6) is 1.06. The Labute approximate surface area is 200 Å². The topological polar surface area (TPSA) is 120 Å². The van der Waals surface area contributed by atoms with E-state index in [1.54, 1.807) is 36.3 Å². The van der Waals surface area contributed by atoms with Crippen molar-refractivity contribution in [3.8, 4) is 5.75 Å². The maximum absolute atomic E-state index is 13.4. The Morgan fingerprint density at radius 3 is 2.82 bits per heavy atom. The van der Waals surface area contributed by atoms with Crippen molar-refractivity contribution in [1.82, 2.24) is 19.7 Å². The molecule has 11 heteroatoms. The van der Waals surface area contributed by atoms with Crippen LogP contribution in [0.2, 0.25) is 0 Å². The van der Waals surface area contributed by atoms with Crippen LogP contribution in [0.3, 0.4) is 0 Å². The number of hydrogen-bond donors (Lipinski definition) is 2. The van der Waals surface area contributed by atoms with E-state index in [1.807, 2.05) is 31.2 Å². The molecule has 34 heavy (non-hydrogen) atoms. The molecule has 1 atom stereocenters. The fraction of sp³-hybridized carbons (Fsp3) is 0.261. The van der Waals surface area contributed by atoms with E-state index in [9.17, 15) is 9.59 Å². The molecular formula is C23H24N6O4S. The summed E-state index contributed by atoms with van der Waals surface area (Å²) < 4.78 is 11.8. The van der Waals surface area contributed by atoms with Crippen molar-refractivity contribution in [2.75, 3.05) is 30.6 Å². The summed E-state index contributed by atoms with van der Waals surface area (Å²) in [6.07, 6.45) is 3.47. The Kier molecular flexibility index (Phi) is 7.12. The van der Waals surface area contributed by atoms with Crippen LogP contribution < -0.4 is 15.4 Å². The summed E-state index contributed by atoms with van der Waals surface area (Å²) in [5, 5.41) is 11.2. The van der Waals surface area contributed by atoms with Crippen LogP contribution >= 0.6 is 11.8 Å². The molecule has 1 aromatic carbocycles. The minimum absolute atomic E-state index is 0.244. The average molecular weight is 481 g/mol. The summed E-state index contributed by atoms with van der Waals surface area (Å²) in [6, 6.07) is 10.5. The van der Waals surface area contributed by atoms with Crippen molar-refractivity contribution in [2.45, 2.75) is 24.5 Å². The van der Waals surface area contributed by atoms with Gasteiger partial charge in [0.1, 0.15) is 11.8 Å². The molecule has 0 spiro atoms. The van der Waals surface area contributed by atoms with E-state index < -0.39 is 6.04 Å². The number of carbonyl (C=O) groups is 2. The van der Waals surface area contributed by atoms with Gasteiger partial charge >= 0.3 is 5.97 Å². The van der Waals surface area contributed by atoms with Crippen molar-refractivity contribution < 1.29 is 19.1 Å². The minimum atomic E-state index is -0.550. The van der Waals surface area contributed by atoms with Crippen LogP contribution in [0, 0.1) is 0 Å². The van der Waals surface area contributed by atoms with Gasteiger partial charge in [0, 0.05) is 17.6 Å².